The SMILES string of the molecule is CC(C)CN1CCOC(CNC(=O)CSc2nc3ccccc3s2)C1. The van der Waals surface area contributed by atoms with Crippen molar-refractivity contribution in [2.75, 3.05) is 38.5 Å². The lowest BCUT2D eigenvalue weighted by atomic mass is 10.2. The van der Waals surface area contributed by atoms with Gasteiger partial charge in [-0.1, -0.05) is 37.7 Å². The van der Waals surface area contributed by atoms with Gasteiger partial charge in [-0.2, -0.15) is 0 Å². The summed E-state index contributed by atoms with van der Waals surface area (Å²) in [4.78, 5) is 19.1. The summed E-state index contributed by atoms with van der Waals surface area (Å²) in [6.45, 7) is 8.74. The van der Waals surface area contributed by atoms with Gasteiger partial charge in [-0.05, 0) is 18.1 Å². The van der Waals surface area contributed by atoms with Crippen LogP contribution >= 0.6 is 23.1 Å². The summed E-state index contributed by atoms with van der Waals surface area (Å²) in [6, 6.07) is 8.05. The van der Waals surface area contributed by atoms with Crippen molar-refractivity contribution >= 4 is 39.2 Å². The van der Waals surface area contributed by atoms with Crippen LogP contribution in [0.3, 0.4) is 0 Å². The Morgan fingerprint density at radius 3 is 3.12 bits per heavy atom. The first kappa shape index (κ1) is 18.6. The van der Waals surface area contributed by atoms with Crippen LogP contribution in [-0.4, -0.2) is 60.4 Å². The summed E-state index contributed by atoms with van der Waals surface area (Å²) in [7, 11) is 0. The Morgan fingerprint density at radius 1 is 1.48 bits per heavy atom. The number of fused-ring (bicyclic) bond motifs is 1. The number of carbonyl (C=O) groups is 1. The fourth-order valence-electron chi connectivity index (χ4n) is 2.90. The Balaban J connectivity index is 1.40. The maximum atomic E-state index is 12.1. The number of hydrogen-bond acceptors (Lipinski definition) is 6. The molecule has 3 rings (SSSR count). The molecular weight excluding hydrogens is 354 g/mol. The third kappa shape index (κ3) is 5.67. The fourth-order valence-corrected chi connectivity index (χ4v) is 4.80. The van der Waals surface area contributed by atoms with Gasteiger partial charge >= 0.3 is 0 Å². The third-order valence-electron chi connectivity index (χ3n) is 3.97. The number of amides is 1. The zero-order valence-electron chi connectivity index (χ0n) is 14.7. The van der Waals surface area contributed by atoms with Crippen molar-refractivity contribution in [2.45, 2.75) is 24.3 Å². The number of aromatic nitrogens is 1. The molecule has 0 saturated carbocycles. The molecule has 0 bridgehead atoms. The molecule has 0 spiro atoms. The Labute approximate surface area is 157 Å². The van der Waals surface area contributed by atoms with E-state index in [0.29, 0.717) is 18.2 Å². The maximum absolute atomic E-state index is 12.1. The molecule has 1 aromatic heterocycles. The molecule has 1 saturated heterocycles. The van der Waals surface area contributed by atoms with Crippen LogP contribution < -0.4 is 5.32 Å². The lowest BCUT2D eigenvalue weighted by Gasteiger charge is -2.33. The largest absolute Gasteiger partial charge is 0.374 e. The molecule has 1 aliphatic rings. The van der Waals surface area contributed by atoms with Gasteiger partial charge in [0, 0.05) is 26.2 Å². The lowest BCUT2D eigenvalue weighted by Crippen LogP contribution is -2.48. The number of thiazole rings is 1. The smallest absolute Gasteiger partial charge is 0.230 e. The van der Waals surface area contributed by atoms with Gasteiger partial charge in [0.25, 0.3) is 0 Å². The van der Waals surface area contributed by atoms with Crippen LogP contribution in [0.4, 0.5) is 0 Å². The van der Waals surface area contributed by atoms with E-state index in [9.17, 15) is 4.79 Å². The summed E-state index contributed by atoms with van der Waals surface area (Å²) in [6.07, 6.45) is 0.0869. The number of nitrogens with one attached hydrogen (secondary N) is 1. The number of para-hydroxylation sites is 1. The highest BCUT2D eigenvalue weighted by molar-refractivity contribution is 8.01. The summed E-state index contributed by atoms with van der Waals surface area (Å²) >= 11 is 3.13. The average molecular weight is 380 g/mol. The van der Waals surface area contributed by atoms with E-state index in [4.69, 9.17) is 4.74 Å². The predicted octanol–water partition coefficient (Wildman–Crippen LogP) is 2.86. The van der Waals surface area contributed by atoms with Crippen molar-refractivity contribution in [1.82, 2.24) is 15.2 Å². The van der Waals surface area contributed by atoms with E-state index in [1.165, 1.54) is 11.8 Å². The molecular formula is C18H25N3O2S2. The highest BCUT2D eigenvalue weighted by Gasteiger charge is 2.21. The standard InChI is InChI=1S/C18H25N3O2S2/c1-13(2)10-21-7-8-23-14(11-21)9-19-17(22)12-24-18-20-15-5-3-4-6-16(15)25-18/h3-6,13-14H,7-12H2,1-2H3,(H,19,22). The molecule has 5 nitrogen and oxygen atoms in total. The second kappa shape index (κ2) is 8.98. The summed E-state index contributed by atoms with van der Waals surface area (Å²) < 4.78 is 7.87. The molecule has 7 heteroatoms. The van der Waals surface area contributed by atoms with Crippen molar-refractivity contribution in [3.63, 3.8) is 0 Å². The Morgan fingerprint density at radius 2 is 2.32 bits per heavy atom. The van der Waals surface area contributed by atoms with Gasteiger partial charge in [-0.15, -0.1) is 11.3 Å². The fraction of sp³-hybridized carbons (Fsp3) is 0.556. The predicted molar refractivity (Wildman–Crippen MR) is 104 cm³/mol. The van der Waals surface area contributed by atoms with Crippen molar-refractivity contribution in [2.24, 2.45) is 5.92 Å². The first-order chi connectivity index (χ1) is 12.1. The number of nitrogens with zero attached hydrogens (tertiary/aromatic N) is 2. The van der Waals surface area contributed by atoms with Gasteiger partial charge in [0.15, 0.2) is 4.34 Å². The minimum absolute atomic E-state index is 0.0360. The molecule has 2 heterocycles. The Hall–Kier alpha value is -1.15. The van der Waals surface area contributed by atoms with Crippen molar-refractivity contribution in [3.8, 4) is 0 Å². The minimum Gasteiger partial charge on any atom is -0.374 e. The van der Waals surface area contributed by atoms with Crippen LogP contribution in [0, 0.1) is 5.92 Å². The highest BCUT2D eigenvalue weighted by atomic mass is 32.2. The van der Waals surface area contributed by atoms with Crippen LogP contribution in [0.25, 0.3) is 10.2 Å². The topological polar surface area (TPSA) is 54.5 Å². The zero-order valence-corrected chi connectivity index (χ0v) is 16.4. The first-order valence-electron chi connectivity index (χ1n) is 8.69. The number of hydrogen-bond donors (Lipinski definition) is 1. The van der Waals surface area contributed by atoms with Gasteiger partial charge in [-0.3, -0.25) is 9.69 Å². The normalized spacial score (nSPS) is 18.8. The zero-order chi connectivity index (χ0) is 17.6. The molecule has 0 radical (unpaired) electrons. The lowest BCUT2D eigenvalue weighted by molar-refractivity contribution is -0.119. The summed E-state index contributed by atoms with van der Waals surface area (Å²) in [5.41, 5.74) is 0.997. The molecule has 1 amide bonds. The Bertz CT molecular complexity index is 671. The number of benzene rings is 1. The molecule has 136 valence electrons. The monoisotopic (exact) mass is 379 g/mol. The number of rotatable bonds is 7. The van der Waals surface area contributed by atoms with E-state index in [0.717, 1.165) is 40.8 Å². The minimum atomic E-state index is 0.0360. The maximum Gasteiger partial charge on any atom is 0.230 e. The molecule has 1 fully saturated rings. The van der Waals surface area contributed by atoms with Crippen LogP contribution in [0.15, 0.2) is 28.6 Å². The number of morpholine rings is 1. The second-order valence-corrected chi connectivity index (χ2v) is 8.94. The van der Waals surface area contributed by atoms with Crippen molar-refractivity contribution in [1.29, 1.82) is 0 Å². The van der Waals surface area contributed by atoms with Gasteiger partial charge < -0.3 is 10.1 Å². The van der Waals surface area contributed by atoms with Crippen LogP contribution in [-0.2, 0) is 9.53 Å². The molecule has 1 aromatic carbocycles. The van der Waals surface area contributed by atoms with Gasteiger partial charge in [0.05, 0.1) is 28.7 Å². The summed E-state index contributed by atoms with van der Waals surface area (Å²) in [5.74, 6) is 1.08. The van der Waals surface area contributed by atoms with Crippen molar-refractivity contribution in [3.05, 3.63) is 24.3 Å². The van der Waals surface area contributed by atoms with Gasteiger partial charge in [0.1, 0.15) is 0 Å². The second-order valence-electron chi connectivity index (χ2n) is 6.69. The summed E-state index contributed by atoms with van der Waals surface area (Å²) in [5, 5.41) is 3.00. The molecule has 0 aliphatic carbocycles. The van der Waals surface area contributed by atoms with E-state index in [1.807, 2.05) is 18.2 Å². The third-order valence-corrected chi connectivity index (χ3v) is 6.15. The number of thioether (sulfide) groups is 1. The van der Waals surface area contributed by atoms with Crippen molar-refractivity contribution < 1.29 is 9.53 Å². The van der Waals surface area contributed by atoms with E-state index >= 15 is 0 Å². The molecule has 1 atom stereocenters. The average Bonchev–Trinajstić information content (AvgIpc) is 3.01. The molecule has 1 aliphatic heterocycles. The van der Waals surface area contributed by atoms with Crippen LogP contribution in [0.1, 0.15) is 13.8 Å². The quantitative estimate of drug-likeness (QED) is 0.750. The van der Waals surface area contributed by atoms with E-state index in [-0.39, 0.29) is 12.0 Å². The number of ether oxygens (including phenoxy) is 1. The van der Waals surface area contributed by atoms with E-state index < -0.39 is 0 Å². The molecule has 1 N–H and O–H groups in total. The van der Waals surface area contributed by atoms with Crippen LogP contribution in [0.2, 0.25) is 0 Å². The van der Waals surface area contributed by atoms with Crippen LogP contribution in [0.5, 0.6) is 0 Å². The highest BCUT2D eigenvalue weighted by Crippen LogP contribution is 2.28. The number of carbonyl (C=O) groups excluding carboxylic acids is 1. The van der Waals surface area contributed by atoms with Gasteiger partial charge in [0.2, 0.25) is 5.91 Å². The molecule has 2 aromatic rings. The first-order valence-corrected chi connectivity index (χ1v) is 10.5. The van der Waals surface area contributed by atoms with E-state index in [1.54, 1.807) is 11.3 Å². The van der Waals surface area contributed by atoms with E-state index in [2.05, 4.69) is 35.1 Å². The van der Waals surface area contributed by atoms with Gasteiger partial charge in [-0.25, -0.2) is 4.98 Å². The molecule has 25 heavy (non-hydrogen) atoms. The molecule has 1 unspecified atom stereocenters. The Kier molecular flexibility index (Phi) is 6.70.